The van der Waals surface area contributed by atoms with E-state index in [1.165, 1.54) is 0 Å². The SMILES string of the molecule is CC(COCCOCC(C)OC(=O)CNC(=O)OC(C)(C)C)OC(=O)CNC(=O)OC(C)(C)C. The molecule has 0 radical (unpaired) electrons. The number of ether oxygens (including phenoxy) is 6. The second-order valence-corrected chi connectivity index (χ2v) is 9.46. The Labute approximate surface area is 201 Å². The van der Waals surface area contributed by atoms with Gasteiger partial charge in [-0.1, -0.05) is 0 Å². The molecule has 198 valence electrons. The van der Waals surface area contributed by atoms with Crippen LogP contribution in [0.1, 0.15) is 55.4 Å². The summed E-state index contributed by atoms with van der Waals surface area (Å²) in [5.74, 6) is -1.23. The van der Waals surface area contributed by atoms with Crippen LogP contribution in [-0.4, -0.2) is 87.1 Å². The highest BCUT2D eigenvalue weighted by Crippen LogP contribution is 2.07. The van der Waals surface area contributed by atoms with Crippen LogP contribution in [0.25, 0.3) is 0 Å². The lowest BCUT2D eigenvalue weighted by Gasteiger charge is -2.20. The molecule has 12 heteroatoms. The molecule has 0 rings (SSSR count). The van der Waals surface area contributed by atoms with Gasteiger partial charge in [-0.05, 0) is 55.4 Å². The smallest absolute Gasteiger partial charge is 0.408 e. The Hall–Kier alpha value is -2.60. The quantitative estimate of drug-likeness (QED) is 0.222. The fraction of sp³-hybridized carbons (Fsp3) is 0.818. The van der Waals surface area contributed by atoms with E-state index < -0.39 is 47.5 Å². The molecule has 0 aromatic carbocycles. The highest BCUT2D eigenvalue weighted by atomic mass is 16.6. The van der Waals surface area contributed by atoms with Crippen molar-refractivity contribution in [1.82, 2.24) is 10.6 Å². The predicted molar refractivity (Wildman–Crippen MR) is 121 cm³/mol. The van der Waals surface area contributed by atoms with Gasteiger partial charge < -0.3 is 39.1 Å². The number of rotatable bonds is 13. The largest absolute Gasteiger partial charge is 0.459 e. The van der Waals surface area contributed by atoms with Crippen molar-refractivity contribution in [2.75, 3.05) is 39.5 Å². The zero-order valence-corrected chi connectivity index (χ0v) is 21.5. The summed E-state index contributed by atoms with van der Waals surface area (Å²) in [5, 5.41) is 4.63. The molecule has 0 heterocycles. The molecule has 2 unspecified atom stereocenters. The number of amides is 2. The highest BCUT2D eigenvalue weighted by molar-refractivity contribution is 5.78. The Bertz CT molecular complexity index is 599. The van der Waals surface area contributed by atoms with Crippen LogP contribution in [-0.2, 0) is 38.0 Å². The molecule has 0 aliphatic carbocycles. The number of nitrogens with one attached hydrogen (secondary N) is 2. The Morgan fingerprint density at radius 2 is 0.971 bits per heavy atom. The van der Waals surface area contributed by atoms with Gasteiger partial charge >= 0.3 is 24.1 Å². The molecule has 34 heavy (non-hydrogen) atoms. The lowest BCUT2D eigenvalue weighted by molar-refractivity contribution is -0.152. The van der Waals surface area contributed by atoms with Crippen molar-refractivity contribution in [3.8, 4) is 0 Å². The van der Waals surface area contributed by atoms with Crippen molar-refractivity contribution >= 4 is 24.1 Å². The third-order valence-electron chi connectivity index (χ3n) is 3.29. The zero-order chi connectivity index (χ0) is 26.4. The lowest BCUT2D eigenvalue weighted by atomic mass is 10.2. The first-order chi connectivity index (χ1) is 15.6. The van der Waals surface area contributed by atoms with E-state index in [4.69, 9.17) is 28.4 Å². The number of carbonyl (C=O) groups is 4. The highest BCUT2D eigenvalue weighted by Gasteiger charge is 2.19. The number of carbonyl (C=O) groups excluding carboxylic acids is 4. The second-order valence-electron chi connectivity index (χ2n) is 9.46. The van der Waals surface area contributed by atoms with Crippen LogP contribution < -0.4 is 10.6 Å². The minimum absolute atomic E-state index is 0.141. The third-order valence-corrected chi connectivity index (χ3v) is 3.29. The van der Waals surface area contributed by atoms with Gasteiger partial charge in [-0.2, -0.15) is 0 Å². The average molecular weight is 493 g/mol. The van der Waals surface area contributed by atoms with E-state index >= 15 is 0 Å². The maximum absolute atomic E-state index is 11.7. The lowest BCUT2D eigenvalue weighted by Crippen LogP contribution is -2.37. The third kappa shape index (κ3) is 20.0. The fourth-order valence-electron chi connectivity index (χ4n) is 2.13. The van der Waals surface area contributed by atoms with E-state index in [1.54, 1.807) is 55.4 Å². The zero-order valence-electron chi connectivity index (χ0n) is 21.5. The van der Waals surface area contributed by atoms with E-state index in [-0.39, 0.29) is 39.5 Å². The molecule has 0 spiro atoms. The molecule has 0 fully saturated rings. The number of hydrogen-bond donors (Lipinski definition) is 2. The first-order valence-corrected chi connectivity index (χ1v) is 11.1. The summed E-state index contributed by atoms with van der Waals surface area (Å²) in [5.41, 5.74) is -1.31. The molecular weight excluding hydrogens is 452 g/mol. The summed E-state index contributed by atoms with van der Waals surface area (Å²) in [6.07, 6.45) is -2.45. The summed E-state index contributed by atoms with van der Waals surface area (Å²) < 4.78 is 31.0. The van der Waals surface area contributed by atoms with Gasteiger partial charge in [0.25, 0.3) is 0 Å². The maximum Gasteiger partial charge on any atom is 0.408 e. The molecule has 0 aliphatic rings. The van der Waals surface area contributed by atoms with Gasteiger partial charge in [0.1, 0.15) is 36.5 Å². The molecule has 0 saturated heterocycles. The van der Waals surface area contributed by atoms with Crippen molar-refractivity contribution in [3.63, 3.8) is 0 Å². The minimum atomic E-state index is -0.704. The van der Waals surface area contributed by atoms with Gasteiger partial charge in [0.15, 0.2) is 0 Å². The Kier molecular flexibility index (Phi) is 14.2. The second kappa shape index (κ2) is 15.3. The van der Waals surface area contributed by atoms with Crippen molar-refractivity contribution in [2.24, 2.45) is 0 Å². The van der Waals surface area contributed by atoms with E-state index in [0.717, 1.165) is 0 Å². The van der Waals surface area contributed by atoms with E-state index in [2.05, 4.69) is 10.6 Å². The molecule has 2 atom stereocenters. The van der Waals surface area contributed by atoms with Crippen LogP contribution in [0.5, 0.6) is 0 Å². The van der Waals surface area contributed by atoms with Crippen LogP contribution >= 0.6 is 0 Å². The van der Waals surface area contributed by atoms with Crippen LogP contribution in [0.15, 0.2) is 0 Å². The summed E-state index contributed by atoms with van der Waals surface area (Å²) >= 11 is 0. The number of hydrogen-bond acceptors (Lipinski definition) is 10. The standard InChI is InChI=1S/C22H40N2O10/c1-15(31-17(25)11-23-19(27)33-21(3,4)5)13-29-9-10-30-14-16(2)32-18(26)12-24-20(28)34-22(6,7)8/h15-16H,9-14H2,1-8H3,(H,23,27)(H,24,28). The van der Waals surface area contributed by atoms with E-state index in [0.29, 0.717) is 0 Å². The van der Waals surface area contributed by atoms with Crippen LogP contribution in [0.2, 0.25) is 0 Å². The first kappa shape index (κ1) is 31.4. The van der Waals surface area contributed by atoms with E-state index in [9.17, 15) is 19.2 Å². The predicted octanol–water partition coefficient (Wildman–Crippen LogP) is 1.93. The summed E-state index contributed by atoms with van der Waals surface area (Å²) in [4.78, 5) is 46.5. The molecule has 0 aromatic heterocycles. The van der Waals surface area contributed by atoms with Gasteiger partial charge in [-0.25, -0.2) is 9.59 Å². The van der Waals surface area contributed by atoms with E-state index in [1.807, 2.05) is 0 Å². The molecule has 2 amide bonds. The fourth-order valence-corrected chi connectivity index (χ4v) is 2.13. The molecule has 0 aliphatic heterocycles. The van der Waals surface area contributed by atoms with Crippen molar-refractivity contribution in [1.29, 1.82) is 0 Å². The summed E-state index contributed by atoms with van der Waals surface area (Å²) in [6, 6.07) is 0. The monoisotopic (exact) mass is 492 g/mol. The normalized spacial score (nSPS) is 13.3. The van der Waals surface area contributed by atoms with Crippen LogP contribution in [0.4, 0.5) is 9.59 Å². The topological polar surface area (TPSA) is 148 Å². The number of esters is 2. The minimum Gasteiger partial charge on any atom is -0.459 e. The average Bonchev–Trinajstić information content (AvgIpc) is 2.64. The molecule has 12 nitrogen and oxygen atoms in total. The Morgan fingerprint density at radius 1 is 0.647 bits per heavy atom. The summed E-state index contributed by atoms with van der Waals surface area (Å²) in [6.45, 7) is 13.7. The Balaban J connectivity index is 3.81. The van der Waals surface area contributed by atoms with Crippen molar-refractivity contribution in [3.05, 3.63) is 0 Å². The van der Waals surface area contributed by atoms with Crippen molar-refractivity contribution < 1.29 is 47.6 Å². The first-order valence-electron chi connectivity index (χ1n) is 11.1. The molecule has 0 bridgehead atoms. The summed E-state index contributed by atoms with van der Waals surface area (Å²) in [7, 11) is 0. The number of alkyl carbamates (subject to hydrolysis) is 2. The maximum atomic E-state index is 11.7. The molecular formula is C22H40N2O10. The molecule has 2 N–H and O–H groups in total. The molecule has 0 aromatic rings. The van der Waals surface area contributed by atoms with Crippen molar-refractivity contribution in [2.45, 2.75) is 78.8 Å². The van der Waals surface area contributed by atoms with Crippen LogP contribution in [0.3, 0.4) is 0 Å². The van der Waals surface area contributed by atoms with Gasteiger partial charge in [0.2, 0.25) is 0 Å². The Morgan fingerprint density at radius 3 is 1.26 bits per heavy atom. The van der Waals surface area contributed by atoms with Crippen LogP contribution in [0, 0.1) is 0 Å². The van der Waals surface area contributed by atoms with Gasteiger partial charge in [0, 0.05) is 0 Å². The molecule has 0 saturated carbocycles. The van der Waals surface area contributed by atoms with Gasteiger partial charge in [-0.3, -0.25) is 9.59 Å². The van der Waals surface area contributed by atoms with Gasteiger partial charge in [0.05, 0.1) is 26.4 Å². The van der Waals surface area contributed by atoms with Gasteiger partial charge in [-0.15, -0.1) is 0 Å².